The minimum absolute atomic E-state index is 0.182. The summed E-state index contributed by atoms with van der Waals surface area (Å²) in [5.74, 6) is 1.00. The van der Waals surface area contributed by atoms with Crippen molar-refractivity contribution in [3.63, 3.8) is 0 Å². The van der Waals surface area contributed by atoms with E-state index in [1.54, 1.807) is 13.4 Å². The molecular formula is C15H21N5O. The average Bonchev–Trinajstić information content (AvgIpc) is 2.98. The summed E-state index contributed by atoms with van der Waals surface area (Å²) in [7, 11) is 1.72. The summed E-state index contributed by atoms with van der Waals surface area (Å²) in [5.41, 5.74) is 8.51. The number of rotatable bonds is 5. The quantitative estimate of drug-likeness (QED) is 0.886. The summed E-state index contributed by atoms with van der Waals surface area (Å²) in [6.45, 7) is 3.83. The molecule has 0 spiro atoms. The van der Waals surface area contributed by atoms with Crippen LogP contribution in [0, 0.1) is 0 Å². The Labute approximate surface area is 124 Å². The van der Waals surface area contributed by atoms with Gasteiger partial charge in [0.25, 0.3) is 0 Å². The Balaban J connectivity index is 1.86. The fraction of sp³-hybridized carbons (Fsp3) is 0.467. The molecule has 0 bridgehead atoms. The van der Waals surface area contributed by atoms with E-state index in [0.29, 0.717) is 13.2 Å². The van der Waals surface area contributed by atoms with Gasteiger partial charge in [-0.05, 0) is 11.1 Å². The van der Waals surface area contributed by atoms with E-state index in [-0.39, 0.29) is 6.04 Å². The van der Waals surface area contributed by atoms with Crippen LogP contribution in [-0.4, -0.2) is 39.9 Å². The smallest absolute Gasteiger partial charge is 0.147 e. The van der Waals surface area contributed by atoms with Crippen molar-refractivity contribution in [1.29, 1.82) is 0 Å². The van der Waals surface area contributed by atoms with Crippen molar-refractivity contribution in [3.8, 4) is 0 Å². The van der Waals surface area contributed by atoms with Gasteiger partial charge in [0, 0.05) is 32.8 Å². The van der Waals surface area contributed by atoms with E-state index in [1.165, 1.54) is 11.1 Å². The summed E-state index contributed by atoms with van der Waals surface area (Å²) in [6, 6.07) is 8.53. The van der Waals surface area contributed by atoms with Crippen molar-refractivity contribution in [2.24, 2.45) is 5.73 Å². The lowest BCUT2D eigenvalue weighted by Gasteiger charge is -2.34. The topological polar surface area (TPSA) is 69.2 Å². The van der Waals surface area contributed by atoms with Gasteiger partial charge >= 0.3 is 0 Å². The first-order valence-electron chi connectivity index (χ1n) is 7.21. The normalized spacial score (nSPS) is 16.7. The van der Waals surface area contributed by atoms with Crippen LogP contribution in [0.5, 0.6) is 0 Å². The predicted molar refractivity (Wildman–Crippen MR) is 79.4 cm³/mol. The summed E-state index contributed by atoms with van der Waals surface area (Å²) < 4.78 is 7.41. The molecule has 2 aromatic rings. The molecule has 0 amide bonds. The second kappa shape index (κ2) is 6.34. The Morgan fingerprint density at radius 2 is 2.19 bits per heavy atom. The molecule has 3 rings (SSSR count). The number of nitrogens with two attached hydrogens (primary N) is 1. The second-order valence-electron chi connectivity index (χ2n) is 5.29. The van der Waals surface area contributed by atoms with E-state index in [2.05, 4.69) is 37.9 Å². The number of nitrogens with zero attached hydrogens (tertiary/aromatic N) is 4. The molecule has 0 saturated heterocycles. The standard InChI is InChI=1S/C15H21N5O/c1-21-10-12-4-2-3-5-13(12)14(8-16)19-6-7-20-11-17-18-15(20)9-19/h2-5,11,14H,6-10,16H2,1H3. The zero-order valence-electron chi connectivity index (χ0n) is 12.3. The van der Waals surface area contributed by atoms with Crippen molar-refractivity contribution < 1.29 is 4.74 Å². The molecule has 2 heterocycles. The van der Waals surface area contributed by atoms with Gasteiger partial charge in [0.05, 0.1) is 13.2 Å². The van der Waals surface area contributed by atoms with E-state index in [9.17, 15) is 0 Å². The maximum absolute atomic E-state index is 6.07. The average molecular weight is 287 g/mol. The molecule has 1 atom stereocenters. The van der Waals surface area contributed by atoms with Gasteiger partial charge < -0.3 is 15.0 Å². The maximum Gasteiger partial charge on any atom is 0.147 e. The van der Waals surface area contributed by atoms with Gasteiger partial charge in [-0.2, -0.15) is 0 Å². The minimum Gasteiger partial charge on any atom is -0.380 e. The number of hydrogen-bond donors (Lipinski definition) is 1. The van der Waals surface area contributed by atoms with Crippen LogP contribution >= 0.6 is 0 Å². The first kappa shape index (κ1) is 14.2. The molecule has 112 valence electrons. The van der Waals surface area contributed by atoms with Crippen molar-refractivity contribution >= 4 is 0 Å². The highest BCUT2D eigenvalue weighted by molar-refractivity contribution is 5.30. The molecule has 2 N–H and O–H groups in total. The van der Waals surface area contributed by atoms with E-state index in [1.807, 2.05) is 6.07 Å². The summed E-state index contributed by atoms with van der Waals surface area (Å²) in [6.07, 6.45) is 1.79. The van der Waals surface area contributed by atoms with Gasteiger partial charge in [-0.25, -0.2) is 0 Å². The highest BCUT2D eigenvalue weighted by atomic mass is 16.5. The first-order chi connectivity index (χ1) is 10.3. The Hall–Kier alpha value is -1.76. The molecule has 6 heteroatoms. The molecule has 1 aromatic carbocycles. The number of aromatic nitrogens is 3. The van der Waals surface area contributed by atoms with Crippen molar-refractivity contribution in [3.05, 3.63) is 47.5 Å². The molecule has 0 radical (unpaired) electrons. The summed E-state index contributed by atoms with van der Waals surface area (Å²) >= 11 is 0. The number of methoxy groups -OCH3 is 1. The second-order valence-corrected chi connectivity index (χ2v) is 5.29. The van der Waals surface area contributed by atoms with Crippen LogP contribution in [0.2, 0.25) is 0 Å². The van der Waals surface area contributed by atoms with E-state index in [4.69, 9.17) is 10.5 Å². The number of benzene rings is 1. The van der Waals surface area contributed by atoms with E-state index in [0.717, 1.165) is 25.5 Å². The molecule has 0 fully saturated rings. The van der Waals surface area contributed by atoms with Crippen molar-refractivity contribution in [2.45, 2.75) is 25.7 Å². The third-order valence-electron chi connectivity index (χ3n) is 4.05. The van der Waals surface area contributed by atoms with Gasteiger partial charge in [0.15, 0.2) is 0 Å². The third kappa shape index (κ3) is 2.83. The number of ether oxygens (including phenoxy) is 1. The summed E-state index contributed by atoms with van der Waals surface area (Å²) in [4.78, 5) is 2.37. The monoisotopic (exact) mass is 287 g/mol. The number of hydrogen-bond acceptors (Lipinski definition) is 5. The fourth-order valence-corrected chi connectivity index (χ4v) is 2.97. The Kier molecular flexibility index (Phi) is 4.28. The molecule has 1 aliphatic rings. The minimum atomic E-state index is 0.182. The van der Waals surface area contributed by atoms with E-state index >= 15 is 0 Å². The molecular weight excluding hydrogens is 266 g/mol. The Bertz CT molecular complexity index is 597. The lowest BCUT2D eigenvalue weighted by molar-refractivity contribution is 0.149. The van der Waals surface area contributed by atoms with Crippen LogP contribution in [0.1, 0.15) is 23.0 Å². The Morgan fingerprint density at radius 3 is 3.00 bits per heavy atom. The lowest BCUT2D eigenvalue weighted by atomic mass is 9.99. The SMILES string of the molecule is COCc1ccccc1C(CN)N1CCn2cnnc2C1. The fourth-order valence-electron chi connectivity index (χ4n) is 2.97. The molecule has 1 aliphatic heterocycles. The molecule has 1 aromatic heterocycles. The first-order valence-corrected chi connectivity index (χ1v) is 7.21. The van der Waals surface area contributed by atoms with Gasteiger partial charge in [-0.3, -0.25) is 4.90 Å². The van der Waals surface area contributed by atoms with Crippen LogP contribution in [0.15, 0.2) is 30.6 Å². The maximum atomic E-state index is 6.07. The van der Waals surface area contributed by atoms with Gasteiger partial charge in [0.1, 0.15) is 12.2 Å². The van der Waals surface area contributed by atoms with Crippen molar-refractivity contribution in [1.82, 2.24) is 19.7 Å². The Morgan fingerprint density at radius 1 is 1.33 bits per heavy atom. The molecule has 1 unspecified atom stereocenters. The molecule has 21 heavy (non-hydrogen) atoms. The third-order valence-corrected chi connectivity index (χ3v) is 4.05. The largest absolute Gasteiger partial charge is 0.380 e. The van der Waals surface area contributed by atoms with E-state index < -0.39 is 0 Å². The highest BCUT2D eigenvalue weighted by Gasteiger charge is 2.26. The predicted octanol–water partition coefficient (Wildman–Crippen LogP) is 0.940. The highest BCUT2D eigenvalue weighted by Crippen LogP contribution is 2.26. The van der Waals surface area contributed by atoms with Gasteiger partial charge in [-0.1, -0.05) is 24.3 Å². The number of fused-ring (bicyclic) bond motifs is 1. The zero-order chi connectivity index (χ0) is 14.7. The van der Waals surface area contributed by atoms with Gasteiger partial charge in [-0.15, -0.1) is 10.2 Å². The van der Waals surface area contributed by atoms with Crippen LogP contribution in [0.25, 0.3) is 0 Å². The van der Waals surface area contributed by atoms with Crippen LogP contribution < -0.4 is 5.73 Å². The van der Waals surface area contributed by atoms with Crippen molar-refractivity contribution in [2.75, 3.05) is 20.2 Å². The van der Waals surface area contributed by atoms with Gasteiger partial charge in [0.2, 0.25) is 0 Å². The molecule has 0 saturated carbocycles. The summed E-state index contributed by atoms with van der Waals surface area (Å²) in [5, 5.41) is 8.16. The zero-order valence-corrected chi connectivity index (χ0v) is 12.3. The molecule has 6 nitrogen and oxygen atoms in total. The van der Waals surface area contributed by atoms with Crippen LogP contribution in [-0.2, 0) is 24.4 Å². The van der Waals surface area contributed by atoms with Crippen LogP contribution in [0.3, 0.4) is 0 Å². The lowest BCUT2D eigenvalue weighted by Crippen LogP contribution is -2.40. The van der Waals surface area contributed by atoms with Crippen LogP contribution in [0.4, 0.5) is 0 Å². The molecule has 0 aliphatic carbocycles.